The van der Waals surface area contributed by atoms with Crippen molar-refractivity contribution in [2.45, 2.75) is 32.1 Å². The van der Waals surface area contributed by atoms with Crippen molar-refractivity contribution in [1.29, 1.82) is 0 Å². The molecule has 0 aliphatic carbocycles. The van der Waals surface area contributed by atoms with Crippen LogP contribution in [0.1, 0.15) is 29.8 Å². The van der Waals surface area contributed by atoms with E-state index in [1.54, 1.807) is 0 Å². The first-order chi connectivity index (χ1) is 11.8. The highest BCUT2D eigenvalue weighted by Gasteiger charge is 2.14. The second kappa shape index (κ2) is 10.1. The Labute approximate surface area is 153 Å². The van der Waals surface area contributed by atoms with E-state index in [2.05, 4.69) is 55.5 Å². The Morgan fingerprint density at radius 3 is 2.72 bits per heavy atom. The summed E-state index contributed by atoms with van der Waals surface area (Å²) in [7, 11) is 0. The van der Waals surface area contributed by atoms with Gasteiger partial charge in [0.2, 0.25) is 5.91 Å². The van der Waals surface area contributed by atoms with Gasteiger partial charge in [0.1, 0.15) is 0 Å². The van der Waals surface area contributed by atoms with E-state index in [1.165, 1.54) is 12.0 Å². The van der Waals surface area contributed by atoms with Gasteiger partial charge in [-0.2, -0.15) is 5.21 Å². The van der Waals surface area contributed by atoms with Crippen molar-refractivity contribution in [2.24, 2.45) is 5.92 Å². The van der Waals surface area contributed by atoms with Crippen LogP contribution in [0, 0.1) is 5.92 Å². The fraction of sp³-hybridized carbons (Fsp3) is 0.529. The van der Waals surface area contributed by atoms with Crippen LogP contribution in [0.3, 0.4) is 0 Å². The molecule has 1 aromatic carbocycles. The van der Waals surface area contributed by atoms with Crippen molar-refractivity contribution in [3.05, 3.63) is 41.2 Å². The van der Waals surface area contributed by atoms with Crippen LogP contribution in [0.4, 0.5) is 0 Å². The number of aryl methyl sites for hydroxylation is 1. The lowest BCUT2D eigenvalue weighted by molar-refractivity contribution is -0.120. The number of nitrogens with one attached hydrogen (secondary N) is 3. The van der Waals surface area contributed by atoms with E-state index in [-0.39, 0.29) is 18.3 Å². The number of carbonyl (C=O) groups is 1. The van der Waals surface area contributed by atoms with E-state index in [0.717, 1.165) is 37.4 Å². The lowest BCUT2D eigenvalue weighted by Crippen LogP contribution is -2.26. The van der Waals surface area contributed by atoms with Gasteiger partial charge in [0.05, 0.1) is 6.42 Å². The summed E-state index contributed by atoms with van der Waals surface area (Å²) in [5.41, 5.74) is 2.41. The molecule has 1 fully saturated rings. The Morgan fingerprint density at radius 2 is 2.04 bits per heavy atom. The molecule has 136 valence electrons. The second-order valence-corrected chi connectivity index (χ2v) is 6.34. The molecule has 3 rings (SSSR count). The van der Waals surface area contributed by atoms with Gasteiger partial charge in [0.15, 0.2) is 5.82 Å². The highest BCUT2D eigenvalue weighted by Crippen LogP contribution is 2.15. The van der Waals surface area contributed by atoms with Crippen LogP contribution in [0.5, 0.6) is 0 Å². The van der Waals surface area contributed by atoms with Crippen LogP contribution in [0.2, 0.25) is 0 Å². The molecule has 0 radical (unpaired) electrons. The summed E-state index contributed by atoms with van der Waals surface area (Å²) < 4.78 is 0. The number of rotatable bonds is 8. The highest BCUT2D eigenvalue weighted by molar-refractivity contribution is 5.85. The van der Waals surface area contributed by atoms with Crippen LogP contribution in [0.15, 0.2) is 24.3 Å². The van der Waals surface area contributed by atoms with Gasteiger partial charge in [-0.15, -0.1) is 22.6 Å². The molecule has 0 saturated carbocycles. The van der Waals surface area contributed by atoms with Crippen molar-refractivity contribution in [3.8, 4) is 0 Å². The van der Waals surface area contributed by atoms with Crippen LogP contribution in [-0.4, -0.2) is 46.2 Å². The summed E-state index contributed by atoms with van der Waals surface area (Å²) >= 11 is 0. The number of amides is 1. The number of tetrazole rings is 1. The van der Waals surface area contributed by atoms with Crippen molar-refractivity contribution < 1.29 is 4.79 Å². The number of carbonyl (C=O) groups excluding carboxylic acids is 1. The first-order valence-electron chi connectivity index (χ1n) is 8.57. The number of benzene rings is 1. The molecule has 1 amide bonds. The third-order valence-electron chi connectivity index (χ3n) is 4.36. The average Bonchev–Trinajstić information content (AvgIpc) is 3.27. The van der Waals surface area contributed by atoms with E-state index in [9.17, 15) is 4.79 Å². The molecule has 1 unspecified atom stereocenters. The minimum absolute atomic E-state index is 0. The van der Waals surface area contributed by atoms with E-state index >= 15 is 0 Å². The van der Waals surface area contributed by atoms with Gasteiger partial charge in [0, 0.05) is 13.0 Å². The molecule has 0 spiro atoms. The van der Waals surface area contributed by atoms with Crippen molar-refractivity contribution >= 4 is 18.3 Å². The van der Waals surface area contributed by atoms with E-state index in [1.807, 2.05) is 0 Å². The van der Waals surface area contributed by atoms with Gasteiger partial charge in [-0.3, -0.25) is 4.79 Å². The standard InChI is InChI=1S/C17H24N6O.ClH/c24-17(19-8-1-2-16-20-22-23-21-16)11-14-5-3-13(4-6-14)10-15-7-9-18-12-15;/h3-6,15,18H,1-2,7-12H2,(H,19,24)(H,20,21,22,23);1H. The van der Waals surface area contributed by atoms with Crippen LogP contribution < -0.4 is 10.6 Å². The number of nitrogens with zero attached hydrogens (tertiary/aromatic N) is 3. The Kier molecular flexibility index (Phi) is 7.81. The largest absolute Gasteiger partial charge is 0.356 e. The second-order valence-electron chi connectivity index (χ2n) is 6.34. The molecular weight excluding hydrogens is 340 g/mol. The Balaban J connectivity index is 0.00000225. The smallest absolute Gasteiger partial charge is 0.224 e. The fourth-order valence-corrected chi connectivity index (χ4v) is 3.03. The number of aromatic amines is 1. The zero-order chi connectivity index (χ0) is 16.6. The minimum Gasteiger partial charge on any atom is -0.356 e. The van der Waals surface area contributed by atoms with Crippen LogP contribution >= 0.6 is 12.4 Å². The first-order valence-corrected chi connectivity index (χ1v) is 8.57. The van der Waals surface area contributed by atoms with Gasteiger partial charge < -0.3 is 10.6 Å². The number of H-pyrrole nitrogens is 1. The Morgan fingerprint density at radius 1 is 1.24 bits per heavy atom. The molecule has 1 atom stereocenters. The average molecular weight is 365 g/mol. The van der Waals surface area contributed by atoms with Gasteiger partial charge in [-0.05, 0) is 49.4 Å². The maximum absolute atomic E-state index is 12.0. The van der Waals surface area contributed by atoms with Crippen LogP contribution in [-0.2, 0) is 24.1 Å². The number of hydrogen-bond acceptors (Lipinski definition) is 5. The summed E-state index contributed by atoms with van der Waals surface area (Å²) in [5.74, 6) is 1.48. The molecule has 2 heterocycles. The van der Waals surface area contributed by atoms with Gasteiger partial charge in [0.25, 0.3) is 0 Å². The molecule has 25 heavy (non-hydrogen) atoms. The van der Waals surface area contributed by atoms with Gasteiger partial charge in [-0.1, -0.05) is 29.5 Å². The highest BCUT2D eigenvalue weighted by atomic mass is 35.5. The van der Waals surface area contributed by atoms with Crippen LogP contribution in [0.25, 0.3) is 0 Å². The number of halogens is 1. The minimum atomic E-state index is 0. The molecule has 1 aliphatic heterocycles. The lowest BCUT2D eigenvalue weighted by atomic mass is 9.97. The topological polar surface area (TPSA) is 95.6 Å². The SMILES string of the molecule is Cl.O=C(Cc1ccc(CC2CCNC2)cc1)NCCCc1nn[nH]n1. The molecular formula is C17H25ClN6O. The maximum Gasteiger partial charge on any atom is 0.224 e. The summed E-state index contributed by atoms with van der Waals surface area (Å²) in [6.45, 7) is 2.88. The zero-order valence-corrected chi connectivity index (χ0v) is 15.0. The molecule has 3 N–H and O–H groups in total. The summed E-state index contributed by atoms with van der Waals surface area (Å²) in [6.07, 6.45) is 4.32. The summed E-state index contributed by atoms with van der Waals surface area (Å²) in [6, 6.07) is 8.43. The third-order valence-corrected chi connectivity index (χ3v) is 4.36. The summed E-state index contributed by atoms with van der Waals surface area (Å²) in [4.78, 5) is 12.0. The molecule has 0 bridgehead atoms. The van der Waals surface area contributed by atoms with Crippen molar-refractivity contribution in [3.63, 3.8) is 0 Å². The Hall–Kier alpha value is -1.99. The monoisotopic (exact) mass is 364 g/mol. The predicted octanol–water partition coefficient (Wildman–Crippen LogP) is 1.06. The maximum atomic E-state index is 12.0. The number of hydrogen-bond donors (Lipinski definition) is 3. The van der Waals surface area contributed by atoms with Crippen molar-refractivity contribution in [1.82, 2.24) is 31.3 Å². The van der Waals surface area contributed by atoms with E-state index in [0.29, 0.717) is 25.2 Å². The molecule has 8 heteroatoms. The summed E-state index contributed by atoms with van der Waals surface area (Å²) in [5, 5.41) is 20.0. The van der Waals surface area contributed by atoms with Crippen molar-refractivity contribution in [2.75, 3.05) is 19.6 Å². The Bertz CT molecular complexity index is 625. The van der Waals surface area contributed by atoms with Gasteiger partial charge >= 0.3 is 0 Å². The van der Waals surface area contributed by atoms with E-state index < -0.39 is 0 Å². The predicted molar refractivity (Wildman–Crippen MR) is 97.6 cm³/mol. The molecule has 2 aromatic rings. The third kappa shape index (κ3) is 6.43. The first kappa shape index (κ1) is 19.3. The molecule has 1 aliphatic rings. The zero-order valence-electron chi connectivity index (χ0n) is 14.2. The number of aromatic nitrogens is 4. The van der Waals surface area contributed by atoms with E-state index in [4.69, 9.17) is 0 Å². The lowest BCUT2D eigenvalue weighted by Gasteiger charge is -2.09. The quantitative estimate of drug-likeness (QED) is 0.609. The fourth-order valence-electron chi connectivity index (χ4n) is 3.03. The van der Waals surface area contributed by atoms with Gasteiger partial charge in [-0.25, -0.2) is 0 Å². The normalized spacial score (nSPS) is 16.4. The molecule has 1 aromatic heterocycles. The molecule has 1 saturated heterocycles. The molecule has 7 nitrogen and oxygen atoms in total.